The molecule has 0 amide bonds. The van der Waals surface area contributed by atoms with Crippen LogP contribution in [0.2, 0.25) is 0 Å². The highest BCUT2D eigenvalue weighted by molar-refractivity contribution is 5.51. The maximum Gasteiger partial charge on any atom is 0.223 e. The fourth-order valence-electron chi connectivity index (χ4n) is 1.19. The van der Waals surface area contributed by atoms with Crippen LogP contribution in [0.5, 0.6) is 0 Å². The fraction of sp³-hybridized carbons (Fsp3) is 0.556. The summed E-state index contributed by atoms with van der Waals surface area (Å²) in [6.07, 6.45) is 0. The van der Waals surface area contributed by atoms with Crippen molar-refractivity contribution in [3.05, 3.63) is 6.07 Å². The number of anilines is 3. The molecule has 0 unspecified atom stereocenters. The van der Waals surface area contributed by atoms with E-state index >= 15 is 0 Å². The predicted molar refractivity (Wildman–Crippen MR) is 66.1 cm³/mol. The molecule has 0 aromatic carbocycles. The monoisotopic (exact) mass is 225 g/mol. The molecule has 1 rings (SSSR count). The van der Waals surface area contributed by atoms with Crippen LogP contribution < -0.4 is 21.9 Å². The van der Waals surface area contributed by atoms with Crippen LogP contribution in [-0.2, 0) is 0 Å². The molecule has 1 heterocycles. The first-order chi connectivity index (χ1) is 7.52. The number of hydrogen-bond acceptors (Lipinski definition) is 7. The van der Waals surface area contributed by atoms with Crippen LogP contribution in [0.3, 0.4) is 0 Å². The molecule has 1 aromatic heterocycles. The topological polar surface area (TPSA) is 96.3 Å². The smallest absolute Gasteiger partial charge is 0.223 e. The van der Waals surface area contributed by atoms with Gasteiger partial charge < -0.3 is 21.0 Å². The van der Waals surface area contributed by atoms with Crippen molar-refractivity contribution in [2.45, 2.75) is 0 Å². The highest BCUT2D eigenvalue weighted by Crippen LogP contribution is 2.14. The minimum atomic E-state index is 0.210. The Balaban J connectivity index is 2.74. The summed E-state index contributed by atoms with van der Waals surface area (Å²) in [6.45, 7) is 1.79. The van der Waals surface area contributed by atoms with E-state index in [1.54, 1.807) is 6.07 Å². The summed E-state index contributed by atoms with van der Waals surface area (Å²) in [5, 5.41) is 0. The molecule has 0 saturated heterocycles. The van der Waals surface area contributed by atoms with Crippen LogP contribution in [0.25, 0.3) is 0 Å². The number of hydrogen-bond donors (Lipinski definition) is 3. The Morgan fingerprint density at radius 2 is 1.94 bits per heavy atom. The number of nitrogens with zero attached hydrogens (tertiary/aromatic N) is 4. The lowest BCUT2D eigenvalue weighted by atomic mass is 10.4. The van der Waals surface area contributed by atoms with Crippen LogP contribution >= 0.6 is 0 Å². The minimum Gasteiger partial charge on any atom is -0.368 e. The fourth-order valence-corrected chi connectivity index (χ4v) is 1.19. The van der Waals surface area contributed by atoms with Crippen molar-refractivity contribution in [1.82, 2.24) is 14.9 Å². The lowest BCUT2D eigenvalue weighted by Crippen LogP contribution is -2.29. The van der Waals surface area contributed by atoms with Gasteiger partial charge in [0.2, 0.25) is 5.95 Å². The zero-order chi connectivity index (χ0) is 12.1. The van der Waals surface area contributed by atoms with E-state index < -0.39 is 0 Å². The summed E-state index contributed by atoms with van der Waals surface area (Å²) in [4.78, 5) is 12.2. The number of rotatable bonds is 5. The largest absolute Gasteiger partial charge is 0.368 e. The van der Waals surface area contributed by atoms with Gasteiger partial charge in [0.15, 0.2) is 0 Å². The second-order valence-electron chi connectivity index (χ2n) is 3.84. The van der Waals surface area contributed by atoms with Gasteiger partial charge in [-0.1, -0.05) is 0 Å². The number of nitrogen functional groups attached to an aromatic ring is 2. The van der Waals surface area contributed by atoms with Crippen LogP contribution in [0.15, 0.2) is 6.07 Å². The number of nitrogens with two attached hydrogens (primary N) is 2. The van der Waals surface area contributed by atoms with Gasteiger partial charge in [0, 0.05) is 26.2 Å². The molecular weight excluding hydrogens is 206 g/mol. The first-order valence-electron chi connectivity index (χ1n) is 5.00. The maximum atomic E-state index is 5.57. The molecular formula is C9H19N7. The van der Waals surface area contributed by atoms with Gasteiger partial charge in [-0.25, -0.2) is 5.84 Å². The van der Waals surface area contributed by atoms with Crippen molar-refractivity contribution < 1.29 is 0 Å². The van der Waals surface area contributed by atoms with Crippen LogP contribution in [0.4, 0.5) is 17.6 Å². The summed E-state index contributed by atoms with van der Waals surface area (Å²) >= 11 is 0. The van der Waals surface area contributed by atoms with E-state index in [1.807, 2.05) is 26.0 Å². The molecule has 1 aromatic rings. The van der Waals surface area contributed by atoms with Crippen molar-refractivity contribution in [3.8, 4) is 0 Å². The standard InChI is InChI=1S/C9H19N7/c1-15(2)4-5-16(3)8-6-7(14-11)12-9(10)13-8/h6H,4-5,11H2,1-3H3,(H3,10,12,13,14). The molecule has 7 nitrogen and oxygen atoms in total. The molecule has 0 aliphatic heterocycles. The average molecular weight is 225 g/mol. The van der Waals surface area contributed by atoms with Gasteiger partial charge >= 0.3 is 0 Å². The van der Waals surface area contributed by atoms with Gasteiger partial charge in [-0.05, 0) is 14.1 Å². The lowest BCUT2D eigenvalue weighted by molar-refractivity contribution is 0.416. The van der Waals surface area contributed by atoms with Crippen LogP contribution in [-0.4, -0.2) is 49.1 Å². The second-order valence-corrected chi connectivity index (χ2v) is 3.84. The summed E-state index contributed by atoms with van der Waals surface area (Å²) in [6, 6.07) is 1.76. The Morgan fingerprint density at radius 1 is 1.25 bits per heavy atom. The van der Waals surface area contributed by atoms with Gasteiger partial charge in [-0.2, -0.15) is 9.97 Å². The number of hydrazine groups is 1. The lowest BCUT2D eigenvalue weighted by Gasteiger charge is -2.20. The summed E-state index contributed by atoms with van der Waals surface area (Å²) in [5.41, 5.74) is 8.03. The van der Waals surface area contributed by atoms with Gasteiger partial charge in [-0.3, -0.25) is 0 Å². The molecule has 90 valence electrons. The van der Waals surface area contributed by atoms with Gasteiger partial charge in [0.05, 0.1) is 0 Å². The molecule has 16 heavy (non-hydrogen) atoms. The Kier molecular flexibility index (Phi) is 4.27. The molecule has 0 saturated carbocycles. The molecule has 0 spiro atoms. The molecule has 5 N–H and O–H groups in total. The van der Waals surface area contributed by atoms with E-state index in [2.05, 4.69) is 20.3 Å². The summed E-state index contributed by atoms with van der Waals surface area (Å²) in [5.74, 6) is 6.76. The number of nitrogens with one attached hydrogen (secondary N) is 1. The predicted octanol–water partition coefficient (Wildman–Crippen LogP) is -0.658. The van der Waals surface area contributed by atoms with Gasteiger partial charge in [-0.15, -0.1) is 0 Å². The molecule has 0 radical (unpaired) electrons. The van der Waals surface area contributed by atoms with Gasteiger partial charge in [0.25, 0.3) is 0 Å². The first kappa shape index (κ1) is 12.5. The SMILES string of the molecule is CN(C)CCN(C)c1cc(NN)nc(N)n1. The zero-order valence-electron chi connectivity index (χ0n) is 9.94. The third-order valence-electron chi connectivity index (χ3n) is 2.15. The van der Waals surface area contributed by atoms with Crippen LogP contribution in [0, 0.1) is 0 Å². The van der Waals surface area contributed by atoms with Crippen molar-refractivity contribution in [2.75, 3.05) is 50.3 Å². The Morgan fingerprint density at radius 3 is 2.50 bits per heavy atom. The maximum absolute atomic E-state index is 5.57. The normalized spacial score (nSPS) is 10.6. The van der Waals surface area contributed by atoms with Crippen molar-refractivity contribution in [1.29, 1.82) is 0 Å². The van der Waals surface area contributed by atoms with E-state index in [9.17, 15) is 0 Å². The van der Waals surface area contributed by atoms with Crippen molar-refractivity contribution in [2.24, 2.45) is 5.84 Å². The highest BCUT2D eigenvalue weighted by Gasteiger charge is 2.06. The van der Waals surface area contributed by atoms with Crippen molar-refractivity contribution in [3.63, 3.8) is 0 Å². The third kappa shape index (κ3) is 3.52. The first-order valence-corrected chi connectivity index (χ1v) is 5.00. The van der Waals surface area contributed by atoms with Crippen molar-refractivity contribution >= 4 is 17.6 Å². The van der Waals surface area contributed by atoms with Gasteiger partial charge in [0.1, 0.15) is 11.6 Å². The molecule has 0 aliphatic rings. The number of aromatic nitrogens is 2. The second kappa shape index (κ2) is 5.47. The Bertz CT molecular complexity index is 339. The third-order valence-corrected chi connectivity index (χ3v) is 2.15. The zero-order valence-corrected chi connectivity index (χ0v) is 9.94. The summed E-state index contributed by atoms with van der Waals surface area (Å²) < 4.78 is 0. The molecule has 0 bridgehead atoms. The average Bonchev–Trinajstić information content (AvgIpc) is 2.24. The van der Waals surface area contributed by atoms with E-state index in [0.29, 0.717) is 5.82 Å². The molecule has 0 atom stereocenters. The van der Waals surface area contributed by atoms with Crippen LogP contribution in [0.1, 0.15) is 0 Å². The van der Waals surface area contributed by atoms with E-state index in [4.69, 9.17) is 11.6 Å². The van der Waals surface area contributed by atoms with E-state index in [1.165, 1.54) is 0 Å². The molecule has 0 aliphatic carbocycles. The Hall–Kier alpha value is -1.60. The highest BCUT2D eigenvalue weighted by atomic mass is 15.3. The molecule has 0 fully saturated rings. The van der Waals surface area contributed by atoms with E-state index in [0.717, 1.165) is 18.9 Å². The number of likely N-dealkylation sites (N-methyl/N-ethyl adjacent to an activating group) is 2. The molecule has 7 heteroatoms. The van der Waals surface area contributed by atoms with E-state index in [-0.39, 0.29) is 5.95 Å². The summed E-state index contributed by atoms with van der Waals surface area (Å²) in [7, 11) is 6.00. The quantitative estimate of drug-likeness (QED) is 0.452. The Labute approximate surface area is 95.4 Å². The minimum absolute atomic E-state index is 0.210.